The average molecular weight is 407 g/mol. The van der Waals surface area contributed by atoms with E-state index in [0.717, 1.165) is 41.4 Å². The van der Waals surface area contributed by atoms with Crippen LogP contribution in [-0.2, 0) is 0 Å². The van der Waals surface area contributed by atoms with Gasteiger partial charge in [0.25, 0.3) is 0 Å². The first-order chi connectivity index (χ1) is 13.3. The molecule has 0 heterocycles. The number of alkyl halides is 1. The molecule has 0 amide bonds. The van der Waals surface area contributed by atoms with Gasteiger partial charge in [-0.1, -0.05) is 53.9 Å². The van der Waals surface area contributed by atoms with Crippen LogP contribution in [0, 0.1) is 52.3 Å². The van der Waals surface area contributed by atoms with Crippen LogP contribution >= 0.6 is 11.6 Å². The molecule has 0 radical (unpaired) electrons. The van der Waals surface area contributed by atoms with E-state index >= 15 is 0 Å². The Morgan fingerprint density at radius 2 is 1.54 bits per heavy atom. The van der Waals surface area contributed by atoms with Crippen LogP contribution in [0.4, 0.5) is 0 Å². The van der Waals surface area contributed by atoms with Gasteiger partial charge in [-0.05, 0) is 110 Å². The fourth-order valence-electron chi connectivity index (χ4n) is 9.23. The van der Waals surface area contributed by atoms with Gasteiger partial charge in [0, 0.05) is 5.38 Å². The van der Waals surface area contributed by atoms with Crippen LogP contribution in [-0.4, -0.2) is 5.38 Å². The number of hydrogen-bond donors (Lipinski definition) is 0. The molecule has 4 rings (SSSR count). The summed E-state index contributed by atoms with van der Waals surface area (Å²) in [6.07, 6.45) is 17.4. The van der Waals surface area contributed by atoms with E-state index in [4.69, 9.17) is 11.6 Å². The van der Waals surface area contributed by atoms with Crippen LogP contribution in [0.3, 0.4) is 0 Å². The standard InChI is InChI=1S/C27H47Cl/c1-18(2)7-6-8-19(3)23-11-12-24-22-10-9-20-17-21(28)13-15-26(20,4)25(22)14-16-27(23,24)5/h18-25H,6-17H2,1-5H3/t19-,20+,21-,22+,23-,24+,25+,26+,27-/m1/s1. The SMILES string of the molecule is CC(C)CCC[C@@H](C)[C@H]1CC[C@H]2[C@@H]3CC[C@H]4C[C@H](Cl)CC[C@]4(C)[C@H]3CC[C@]12C. The molecule has 0 unspecified atom stereocenters. The van der Waals surface area contributed by atoms with Gasteiger partial charge in [-0.25, -0.2) is 0 Å². The van der Waals surface area contributed by atoms with E-state index in [1.54, 1.807) is 0 Å². The molecular formula is C27H47Cl. The quantitative estimate of drug-likeness (QED) is 0.400. The van der Waals surface area contributed by atoms with Crippen molar-refractivity contribution in [2.75, 3.05) is 0 Å². The second kappa shape index (κ2) is 8.09. The zero-order chi connectivity index (χ0) is 20.1. The molecular weight excluding hydrogens is 360 g/mol. The van der Waals surface area contributed by atoms with Crippen molar-refractivity contribution in [3.05, 3.63) is 0 Å². The van der Waals surface area contributed by atoms with Gasteiger partial charge in [-0.3, -0.25) is 0 Å². The summed E-state index contributed by atoms with van der Waals surface area (Å²) in [6, 6.07) is 0. The third kappa shape index (κ3) is 3.61. The Hall–Kier alpha value is 0.290. The van der Waals surface area contributed by atoms with Gasteiger partial charge >= 0.3 is 0 Å². The maximum Gasteiger partial charge on any atom is 0.0339 e. The van der Waals surface area contributed by atoms with E-state index < -0.39 is 0 Å². The van der Waals surface area contributed by atoms with Gasteiger partial charge in [0.15, 0.2) is 0 Å². The second-order valence-electron chi connectivity index (χ2n) is 12.6. The first kappa shape index (κ1) is 21.5. The Bertz CT molecular complexity index is 540. The molecule has 0 aromatic carbocycles. The molecule has 0 N–H and O–H groups in total. The van der Waals surface area contributed by atoms with E-state index in [-0.39, 0.29) is 0 Å². The molecule has 9 atom stereocenters. The van der Waals surface area contributed by atoms with Crippen LogP contribution in [0.1, 0.15) is 112 Å². The summed E-state index contributed by atoms with van der Waals surface area (Å²) in [7, 11) is 0. The van der Waals surface area contributed by atoms with Crippen molar-refractivity contribution in [3.63, 3.8) is 0 Å². The lowest BCUT2D eigenvalue weighted by Crippen LogP contribution is -2.53. The maximum absolute atomic E-state index is 6.60. The van der Waals surface area contributed by atoms with Gasteiger partial charge in [0.2, 0.25) is 0 Å². The van der Waals surface area contributed by atoms with Crippen molar-refractivity contribution in [1.29, 1.82) is 0 Å². The molecule has 4 aliphatic carbocycles. The monoisotopic (exact) mass is 406 g/mol. The highest BCUT2D eigenvalue weighted by molar-refractivity contribution is 6.20. The molecule has 4 aliphatic rings. The highest BCUT2D eigenvalue weighted by Gasteiger charge is 2.60. The lowest BCUT2D eigenvalue weighted by molar-refractivity contribution is -0.113. The van der Waals surface area contributed by atoms with Gasteiger partial charge in [0.05, 0.1) is 0 Å². The van der Waals surface area contributed by atoms with E-state index in [0.29, 0.717) is 16.2 Å². The molecule has 4 saturated carbocycles. The zero-order valence-corrected chi connectivity index (χ0v) is 20.2. The lowest BCUT2D eigenvalue weighted by Gasteiger charge is -2.61. The summed E-state index contributed by atoms with van der Waals surface area (Å²) in [5.41, 5.74) is 1.25. The average Bonchev–Trinajstić information content (AvgIpc) is 2.99. The number of rotatable bonds is 5. The van der Waals surface area contributed by atoms with Gasteiger partial charge < -0.3 is 0 Å². The first-order valence-electron chi connectivity index (χ1n) is 12.9. The second-order valence-corrected chi connectivity index (χ2v) is 13.2. The topological polar surface area (TPSA) is 0 Å². The summed E-state index contributed by atoms with van der Waals surface area (Å²) in [6.45, 7) is 12.8. The minimum Gasteiger partial charge on any atom is -0.123 e. The Balaban J connectivity index is 1.46. The van der Waals surface area contributed by atoms with E-state index in [1.165, 1.54) is 77.0 Å². The lowest BCUT2D eigenvalue weighted by atomic mass is 9.44. The summed E-state index contributed by atoms with van der Waals surface area (Å²) < 4.78 is 0. The Morgan fingerprint density at radius 1 is 0.821 bits per heavy atom. The van der Waals surface area contributed by atoms with Crippen molar-refractivity contribution in [1.82, 2.24) is 0 Å². The molecule has 162 valence electrons. The third-order valence-corrected chi connectivity index (χ3v) is 11.2. The molecule has 0 aliphatic heterocycles. The third-order valence-electron chi connectivity index (χ3n) is 10.8. The fourth-order valence-corrected chi connectivity index (χ4v) is 9.55. The van der Waals surface area contributed by atoms with Crippen molar-refractivity contribution in [2.45, 2.75) is 117 Å². The predicted octanol–water partition coefficient (Wildman–Crippen LogP) is 8.72. The van der Waals surface area contributed by atoms with Crippen molar-refractivity contribution in [2.24, 2.45) is 52.3 Å². The molecule has 0 spiro atoms. The summed E-state index contributed by atoms with van der Waals surface area (Å²) >= 11 is 6.60. The molecule has 0 aromatic rings. The Kier molecular flexibility index (Phi) is 6.22. The minimum atomic E-state index is 0.464. The Labute approximate surface area is 181 Å². The number of halogens is 1. The van der Waals surface area contributed by atoms with Crippen LogP contribution in [0.5, 0.6) is 0 Å². The maximum atomic E-state index is 6.60. The predicted molar refractivity (Wildman–Crippen MR) is 123 cm³/mol. The largest absolute Gasteiger partial charge is 0.123 e. The van der Waals surface area contributed by atoms with Gasteiger partial charge in [0.1, 0.15) is 0 Å². The Morgan fingerprint density at radius 3 is 2.29 bits per heavy atom. The molecule has 0 saturated heterocycles. The van der Waals surface area contributed by atoms with Gasteiger partial charge in [-0.15, -0.1) is 11.6 Å². The molecule has 28 heavy (non-hydrogen) atoms. The summed E-state index contributed by atoms with van der Waals surface area (Å²) in [4.78, 5) is 0. The van der Waals surface area contributed by atoms with Crippen LogP contribution in [0.15, 0.2) is 0 Å². The van der Waals surface area contributed by atoms with Crippen LogP contribution in [0.25, 0.3) is 0 Å². The first-order valence-corrected chi connectivity index (χ1v) is 13.3. The minimum absolute atomic E-state index is 0.464. The van der Waals surface area contributed by atoms with Crippen LogP contribution in [0.2, 0.25) is 0 Å². The number of hydrogen-bond acceptors (Lipinski definition) is 0. The van der Waals surface area contributed by atoms with Crippen molar-refractivity contribution >= 4 is 11.6 Å². The number of fused-ring (bicyclic) bond motifs is 5. The molecule has 0 nitrogen and oxygen atoms in total. The highest BCUT2D eigenvalue weighted by atomic mass is 35.5. The summed E-state index contributed by atoms with van der Waals surface area (Å²) in [5, 5.41) is 0.464. The van der Waals surface area contributed by atoms with E-state index in [9.17, 15) is 0 Å². The molecule has 4 fully saturated rings. The highest BCUT2D eigenvalue weighted by Crippen LogP contribution is 2.68. The smallest absolute Gasteiger partial charge is 0.0339 e. The fraction of sp³-hybridized carbons (Fsp3) is 1.00. The van der Waals surface area contributed by atoms with Crippen molar-refractivity contribution in [3.8, 4) is 0 Å². The molecule has 0 bridgehead atoms. The van der Waals surface area contributed by atoms with Crippen LogP contribution < -0.4 is 0 Å². The summed E-state index contributed by atoms with van der Waals surface area (Å²) in [5.74, 6) is 6.77. The van der Waals surface area contributed by atoms with E-state index in [1.807, 2.05) is 0 Å². The van der Waals surface area contributed by atoms with E-state index in [2.05, 4.69) is 34.6 Å². The molecule has 0 aromatic heterocycles. The zero-order valence-electron chi connectivity index (χ0n) is 19.5. The van der Waals surface area contributed by atoms with Crippen molar-refractivity contribution < 1.29 is 0 Å². The molecule has 1 heteroatoms. The van der Waals surface area contributed by atoms with Gasteiger partial charge in [-0.2, -0.15) is 0 Å². The normalized spacial score (nSPS) is 49.4.